The Bertz CT molecular complexity index is 327. The number of carboxylic acids is 1. The minimum Gasteiger partial charge on any atom is -0.481 e. The summed E-state index contributed by atoms with van der Waals surface area (Å²) in [5.41, 5.74) is 15.0. The molecule has 7 N–H and O–H groups in total. The molecule has 9 nitrogen and oxygen atoms in total. The fourth-order valence-corrected chi connectivity index (χ4v) is 1.10. The van der Waals surface area contributed by atoms with Gasteiger partial charge in [-0.2, -0.15) is 0 Å². The van der Waals surface area contributed by atoms with Gasteiger partial charge in [-0.25, -0.2) is 0 Å². The molecule has 1 unspecified atom stereocenters. The number of primary amides is 2. The lowest BCUT2D eigenvalue weighted by Crippen LogP contribution is -2.50. The summed E-state index contributed by atoms with van der Waals surface area (Å²) in [7, 11) is 0. The minimum atomic E-state index is -1.36. The lowest BCUT2D eigenvalue weighted by atomic mass is 10.2. The molecule has 3 amide bonds. The molecule has 0 aliphatic heterocycles. The molecule has 0 fully saturated rings. The first-order valence-corrected chi connectivity index (χ1v) is 4.56. The first-order valence-electron chi connectivity index (χ1n) is 4.56. The van der Waals surface area contributed by atoms with E-state index in [0.717, 1.165) is 4.90 Å². The predicted octanol–water partition coefficient (Wildman–Crippen LogP) is -3.41. The summed E-state index contributed by atoms with van der Waals surface area (Å²) >= 11 is 0. The molecule has 0 aromatic heterocycles. The largest absolute Gasteiger partial charge is 0.481 e. The number of amides is 3. The van der Waals surface area contributed by atoms with Gasteiger partial charge in [-0.15, -0.1) is 0 Å². The van der Waals surface area contributed by atoms with Gasteiger partial charge >= 0.3 is 5.97 Å². The highest BCUT2D eigenvalue weighted by atomic mass is 16.4. The molecule has 0 saturated heterocycles. The number of rotatable bonds is 7. The van der Waals surface area contributed by atoms with Crippen molar-refractivity contribution in [3.8, 4) is 0 Å². The average molecular weight is 246 g/mol. The van der Waals surface area contributed by atoms with Crippen LogP contribution in [-0.2, 0) is 19.2 Å². The van der Waals surface area contributed by atoms with E-state index in [-0.39, 0.29) is 0 Å². The third-order valence-corrected chi connectivity index (χ3v) is 1.72. The summed E-state index contributed by atoms with van der Waals surface area (Å²) < 4.78 is 0. The van der Waals surface area contributed by atoms with Crippen LogP contribution in [0, 0.1) is 0 Å². The fourth-order valence-electron chi connectivity index (χ4n) is 1.10. The Morgan fingerprint density at radius 1 is 1.06 bits per heavy atom. The first-order chi connectivity index (χ1) is 7.73. The smallest absolute Gasteiger partial charge is 0.305 e. The number of hydrogen-bond acceptors (Lipinski definition) is 5. The highest BCUT2D eigenvalue weighted by molar-refractivity contribution is 5.92. The highest BCUT2D eigenvalue weighted by Crippen LogP contribution is 1.97. The first kappa shape index (κ1) is 14.8. The molecule has 9 heteroatoms. The lowest BCUT2D eigenvalue weighted by molar-refractivity contribution is -0.143. The van der Waals surface area contributed by atoms with Gasteiger partial charge in [-0.3, -0.25) is 19.2 Å². The summed E-state index contributed by atoms with van der Waals surface area (Å²) in [6, 6.07) is -1.36. The summed E-state index contributed by atoms with van der Waals surface area (Å²) in [6.45, 7) is -1.09. The van der Waals surface area contributed by atoms with Crippen LogP contribution in [-0.4, -0.2) is 52.8 Å². The van der Waals surface area contributed by atoms with Crippen molar-refractivity contribution in [2.24, 2.45) is 17.2 Å². The second-order valence-corrected chi connectivity index (χ2v) is 3.33. The molecule has 0 bridgehead atoms. The maximum absolute atomic E-state index is 11.6. The van der Waals surface area contributed by atoms with E-state index in [1.54, 1.807) is 0 Å². The van der Waals surface area contributed by atoms with Crippen molar-refractivity contribution in [1.29, 1.82) is 0 Å². The Hall–Kier alpha value is -2.16. The second-order valence-electron chi connectivity index (χ2n) is 3.33. The molecule has 0 aliphatic rings. The van der Waals surface area contributed by atoms with E-state index in [9.17, 15) is 19.2 Å². The van der Waals surface area contributed by atoms with Crippen LogP contribution in [0.25, 0.3) is 0 Å². The maximum atomic E-state index is 11.6. The maximum Gasteiger partial charge on any atom is 0.305 e. The van der Waals surface area contributed by atoms with Crippen LogP contribution >= 0.6 is 0 Å². The Balaban J connectivity index is 4.66. The molecule has 0 aliphatic carbocycles. The van der Waals surface area contributed by atoms with Crippen LogP contribution in [0.5, 0.6) is 0 Å². The summed E-state index contributed by atoms with van der Waals surface area (Å²) in [5.74, 6) is -3.86. The van der Waals surface area contributed by atoms with Crippen molar-refractivity contribution >= 4 is 23.7 Å². The molecule has 0 spiro atoms. The van der Waals surface area contributed by atoms with Crippen molar-refractivity contribution in [1.82, 2.24) is 4.90 Å². The fraction of sp³-hybridized carbons (Fsp3) is 0.500. The van der Waals surface area contributed by atoms with Crippen molar-refractivity contribution in [2.75, 3.05) is 13.1 Å². The number of carbonyl (C=O) groups excluding carboxylic acids is 3. The topological polar surface area (TPSA) is 170 Å². The minimum absolute atomic E-state index is 0.547. The quantitative estimate of drug-likeness (QED) is 0.364. The lowest BCUT2D eigenvalue weighted by Gasteiger charge is -2.22. The molecule has 0 radical (unpaired) electrons. The van der Waals surface area contributed by atoms with E-state index in [1.165, 1.54) is 0 Å². The summed E-state index contributed by atoms with van der Waals surface area (Å²) in [5, 5.41) is 8.44. The average Bonchev–Trinajstić information content (AvgIpc) is 2.12. The normalized spacial score (nSPS) is 11.6. The number of nitrogens with two attached hydrogens (primary N) is 3. The van der Waals surface area contributed by atoms with Crippen molar-refractivity contribution < 1.29 is 24.3 Å². The molecule has 0 heterocycles. The van der Waals surface area contributed by atoms with Gasteiger partial charge in [0.1, 0.15) is 0 Å². The summed E-state index contributed by atoms with van der Waals surface area (Å²) in [4.78, 5) is 44.0. The van der Waals surface area contributed by atoms with Gasteiger partial charge in [0.2, 0.25) is 17.7 Å². The van der Waals surface area contributed by atoms with Crippen LogP contribution in [0.2, 0.25) is 0 Å². The van der Waals surface area contributed by atoms with Crippen LogP contribution in [0.4, 0.5) is 0 Å². The van der Waals surface area contributed by atoms with Crippen molar-refractivity contribution in [3.05, 3.63) is 0 Å². The van der Waals surface area contributed by atoms with Crippen molar-refractivity contribution in [3.63, 3.8) is 0 Å². The van der Waals surface area contributed by atoms with E-state index in [1.807, 2.05) is 0 Å². The summed E-state index contributed by atoms with van der Waals surface area (Å²) in [6.07, 6.45) is -0.618. The van der Waals surface area contributed by atoms with E-state index in [4.69, 9.17) is 22.3 Å². The molecule has 0 rings (SSSR count). The molecule has 0 aromatic carbocycles. The standard InChI is InChI=1S/C8H14N4O5/c9-4(1-7(15)16)8(17)12(2-5(10)13)3-6(11)14/h4H,1-3,9H2,(H2,10,13)(H2,11,14)(H,15,16). The van der Waals surface area contributed by atoms with Crippen LogP contribution in [0.15, 0.2) is 0 Å². The SMILES string of the molecule is NC(=O)CN(CC(N)=O)C(=O)C(N)CC(=O)O. The zero-order chi connectivity index (χ0) is 13.6. The zero-order valence-corrected chi connectivity index (χ0v) is 8.96. The molecule has 1 atom stereocenters. The third-order valence-electron chi connectivity index (χ3n) is 1.72. The van der Waals surface area contributed by atoms with Gasteiger partial charge in [-0.05, 0) is 0 Å². The van der Waals surface area contributed by atoms with E-state index < -0.39 is 49.2 Å². The van der Waals surface area contributed by atoms with Gasteiger partial charge < -0.3 is 27.2 Å². The molecular formula is C8H14N4O5. The van der Waals surface area contributed by atoms with Gasteiger partial charge in [0.05, 0.1) is 25.6 Å². The predicted molar refractivity (Wildman–Crippen MR) is 55.2 cm³/mol. The molecule has 0 saturated carbocycles. The molecule has 0 aromatic rings. The van der Waals surface area contributed by atoms with Crippen molar-refractivity contribution in [2.45, 2.75) is 12.5 Å². The third kappa shape index (κ3) is 6.10. The zero-order valence-electron chi connectivity index (χ0n) is 8.96. The van der Waals surface area contributed by atoms with E-state index in [0.29, 0.717) is 0 Å². The number of aliphatic carboxylic acids is 1. The number of nitrogens with zero attached hydrogens (tertiary/aromatic N) is 1. The van der Waals surface area contributed by atoms with E-state index >= 15 is 0 Å². The highest BCUT2D eigenvalue weighted by Gasteiger charge is 2.25. The van der Waals surface area contributed by atoms with Crippen LogP contribution in [0.1, 0.15) is 6.42 Å². The number of carboxylic acid groups (broad SMARTS) is 1. The Labute approximate surface area is 96.5 Å². The molecular weight excluding hydrogens is 232 g/mol. The Morgan fingerprint density at radius 3 is 1.76 bits per heavy atom. The monoisotopic (exact) mass is 246 g/mol. The molecule has 17 heavy (non-hydrogen) atoms. The second kappa shape index (κ2) is 6.43. The van der Waals surface area contributed by atoms with Gasteiger partial charge in [-0.1, -0.05) is 0 Å². The van der Waals surface area contributed by atoms with Crippen LogP contribution in [0.3, 0.4) is 0 Å². The van der Waals surface area contributed by atoms with E-state index in [2.05, 4.69) is 0 Å². The number of hydrogen-bond donors (Lipinski definition) is 4. The van der Waals surface area contributed by atoms with Gasteiger partial charge in [0, 0.05) is 0 Å². The number of carbonyl (C=O) groups is 4. The molecule has 96 valence electrons. The Morgan fingerprint density at radius 2 is 1.47 bits per heavy atom. The Kier molecular flexibility index (Phi) is 5.61. The van der Waals surface area contributed by atoms with Crippen LogP contribution < -0.4 is 17.2 Å². The van der Waals surface area contributed by atoms with Gasteiger partial charge in [0.25, 0.3) is 0 Å². The van der Waals surface area contributed by atoms with Gasteiger partial charge in [0.15, 0.2) is 0 Å².